The zero-order chi connectivity index (χ0) is 13.1. The summed E-state index contributed by atoms with van der Waals surface area (Å²) in [6, 6.07) is 1.31. The summed E-state index contributed by atoms with van der Waals surface area (Å²) < 4.78 is 35.7. The Morgan fingerprint density at radius 3 is 2.82 bits per heavy atom. The fourth-order valence-electron chi connectivity index (χ4n) is 0.820. The number of alkyl halides is 3. The minimum Gasteiger partial charge on any atom is -0.267 e. The highest BCUT2D eigenvalue weighted by atomic mass is 79.9. The van der Waals surface area contributed by atoms with Gasteiger partial charge in [0.15, 0.2) is 6.61 Å². The quantitative estimate of drug-likeness (QED) is 0.683. The first kappa shape index (κ1) is 14.2. The van der Waals surface area contributed by atoms with E-state index in [2.05, 4.69) is 25.8 Å². The van der Waals surface area contributed by atoms with E-state index in [1.165, 1.54) is 12.3 Å². The number of halogens is 5. The summed E-state index contributed by atoms with van der Waals surface area (Å²) in [6.45, 7) is -1.59. The van der Waals surface area contributed by atoms with Crippen LogP contribution in [0.1, 0.15) is 10.4 Å². The molecule has 0 fully saturated rings. The Hall–Kier alpha value is -0.860. The van der Waals surface area contributed by atoms with Gasteiger partial charge in [0.05, 0.1) is 5.56 Å². The number of carbonyl (C=O) groups excluding carboxylic acids is 1. The molecule has 0 aliphatic rings. The first-order valence-corrected chi connectivity index (χ1v) is 5.26. The van der Waals surface area contributed by atoms with Gasteiger partial charge in [0.25, 0.3) is 5.91 Å². The van der Waals surface area contributed by atoms with Gasteiger partial charge in [-0.1, -0.05) is 11.6 Å². The Labute approximate surface area is 107 Å². The van der Waals surface area contributed by atoms with Crippen LogP contribution < -0.4 is 5.48 Å². The van der Waals surface area contributed by atoms with Crippen molar-refractivity contribution in [1.29, 1.82) is 0 Å². The maximum Gasteiger partial charge on any atom is 0.414 e. The maximum absolute atomic E-state index is 11.7. The fraction of sp³-hybridized carbons (Fsp3) is 0.250. The van der Waals surface area contributed by atoms with Crippen LogP contribution in [0.4, 0.5) is 13.2 Å². The average Bonchev–Trinajstić information content (AvgIpc) is 2.19. The molecule has 0 bridgehead atoms. The van der Waals surface area contributed by atoms with Crippen molar-refractivity contribution in [2.45, 2.75) is 6.18 Å². The molecule has 0 radical (unpaired) electrons. The molecular formula is C8H5BrClF3N2O2. The Morgan fingerprint density at radius 2 is 2.24 bits per heavy atom. The number of hydrogen-bond donors (Lipinski definition) is 1. The Kier molecular flexibility index (Phi) is 4.72. The lowest BCUT2D eigenvalue weighted by Gasteiger charge is -2.08. The van der Waals surface area contributed by atoms with Crippen LogP contribution in [0, 0.1) is 0 Å². The summed E-state index contributed by atoms with van der Waals surface area (Å²) in [5, 5.41) is -0.138. The second kappa shape index (κ2) is 5.65. The highest BCUT2D eigenvalue weighted by Crippen LogP contribution is 2.18. The molecule has 1 rings (SSSR count). The molecule has 4 nitrogen and oxygen atoms in total. The van der Waals surface area contributed by atoms with Gasteiger partial charge in [-0.05, 0) is 22.0 Å². The first-order chi connectivity index (χ1) is 7.79. The van der Waals surface area contributed by atoms with Crippen LogP contribution in [0.15, 0.2) is 16.7 Å². The van der Waals surface area contributed by atoms with Gasteiger partial charge in [-0.25, -0.2) is 10.5 Å². The van der Waals surface area contributed by atoms with E-state index in [1.54, 1.807) is 5.48 Å². The van der Waals surface area contributed by atoms with Crippen LogP contribution >= 0.6 is 27.5 Å². The summed E-state index contributed by atoms with van der Waals surface area (Å²) >= 11 is 8.63. The molecule has 0 atom stereocenters. The Balaban J connectivity index is 2.61. The number of hydroxylamine groups is 1. The number of aromatic nitrogens is 1. The number of amides is 1. The number of carbonyl (C=O) groups is 1. The van der Waals surface area contributed by atoms with Gasteiger partial charge in [-0.3, -0.25) is 9.63 Å². The van der Waals surface area contributed by atoms with E-state index in [-0.39, 0.29) is 10.7 Å². The van der Waals surface area contributed by atoms with E-state index in [0.29, 0.717) is 4.47 Å². The van der Waals surface area contributed by atoms with Gasteiger partial charge in [-0.15, -0.1) is 0 Å². The Bertz CT molecular complexity index is 428. The van der Waals surface area contributed by atoms with Crippen molar-refractivity contribution in [2.75, 3.05) is 6.61 Å². The lowest BCUT2D eigenvalue weighted by molar-refractivity contribution is -0.184. The summed E-state index contributed by atoms with van der Waals surface area (Å²) in [6.07, 6.45) is -3.18. The van der Waals surface area contributed by atoms with E-state index in [9.17, 15) is 18.0 Å². The normalized spacial score (nSPS) is 11.4. The smallest absolute Gasteiger partial charge is 0.267 e. The molecular weight excluding hydrogens is 328 g/mol. The molecule has 0 aliphatic heterocycles. The van der Waals surface area contributed by atoms with E-state index in [1.807, 2.05) is 0 Å². The summed E-state index contributed by atoms with van der Waals surface area (Å²) in [7, 11) is 0. The highest BCUT2D eigenvalue weighted by molar-refractivity contribution is 9.10. The number of hydrogen-bond acceptors (Lipinski definition) is 3. The highest BCUT2D eigenvalue weighted by Gasteiger charge is 2.28. The van der Waals surface area contributed by atoms with Gasteiger partial charge in [0.2, 0.25) is 0 Å². The number of nitrogens with one attached hydrogen (secondary N) is 1. The molecule has 94 valence electrons. The number of nitrogens with zero attached hydrogens (tertiary/aromatic N) is 1. The molecule has 17 heavy (non-hydrogen) atoms. The minimum absolute atomic E-state index is 0.0942. The first-order valence-electron chi connectivity index (χ1n) is 4.09. The van der Waals surface area contributed by atoms with Gasteiger partial charge in [0, 0.05) is 10.7 Å². The van der Waals surface area contributed by atoms with Crippen LogP contribution in [0.25, 0.3) is 0 Å². The largest absolute Gasteiger partial charge is 0.414 e. The lowest BCUT2D eigenvalue weighted by atomic mass is 10.3. The van der Waals surface area contributed by atoms with E-state index in [0.717, 1.165) is 0 Å². The molecule has 1 aromatic rings. The average molecular weight is 333 g/mol. The minimum atomic E-state index is -4.52. The molecule has 1 N–H and O–H groups in total. The predicted molar refractivity (Wildman–Crippen MR) is 56.4 cm³/mol. The van der Waals surface area contributed by atoms with Crippen LogP contribution in [0.3, 0.4) is 0 Å². The molecule has 0 spiro atoms. The van der Waals surface area contributed by atoms with Crippen molar-refractivity contribution in [3.05, 3.63) is 27.5 Å². The molecule has 0 unspecified atom stereocenters. The molecule has 0 saturated carbocycles. The van der Waals surface area contributed by atoms with Crippen LogP contribution in [-0.2, 0) is 4.84 Å². The third-order valence-corrected chi connectivity index (χ3v) is 2.19. The van der Waals surface area contributed by atoms with Crippen molar-refractivity contribution in [3.8, 4) is 0 Å². The molecule has 1 aromatic heterocycles. The van der Waals surface area contributed by atoms with Crippen LogP contribution in [0.5, 0.6) is 0 Å². The lowest BCUT2D eigenvalue weighted by Crippen LogP contribution is -2.29. The maximum atomic E-state index is 11.7. The third-order valence-electron chi connectivity index (χ3n) is 1.45. The standard InChI is InChI=1S/C8H5BrClF3N2O2/c9-4-1-5(6(10)14-2-4)7(16)15-17-3-8(11,12)13/h1-2H,3H2,(H,15,16). The van der Waals surface area contributed by atoms with Crippen molar-refractivity contribution < 1.29 is 22.8 Å². The van der Waals surface area contributed by atoms with E-state index >= 15 is 0 Å². The van der Waals surface area contributed by atoms with Gasteiger partial charge >= 0.3 is 6.18 Å². The van der Waals surface area contributed by atoms with Gasteiger partial charge < -0.3 is 0 Å². The summed E-state index contributed by atoms with van der Waals surface area (Å²) in [5.41, 5.74) is 1.53. The van der Waals surface area contributed by atoms with Crippen molar-refractivity contribution >= 4 is 33.4 Å². The second-order valence-corrected chi connectivity index (χ2v) is 4.10. The zero-order valence-electron chi connectivity index (χ0n) is 8.02. The summed E-state index contributed by atoms with van der Waals surface area (Å²) in [4.78, 5) is 19.0. The molecule has 1 amide bonds. The third kappa shape index (κ3) is 4.88. The van der Waals surface area contributed by atoms with E-state index < -0.39 is 18.7 Å². The van der Waals surface area contributed by atoms with Crippen molar-refractivity contribution in [1.82, 2.24) is 10.5 Å². The SMILES string of the molecule is O=C(NOCC(F)(F)F)c1cc(Br)cnc1Cl. The number of pyridine rings is 1. The number of rotatable bonds is 3. The molecule has 0 aromatic carbocycles. The Morgan fingerprint density at radius 1 is 1.59 bits per heavy atom. The van der Waals surface area contributed by atoms with Gasteiger partial charge in [-0.2, -0.15) is 13.2 Å². The topological polar surface area (TPSA) is 51.2 Å². The van der Waals surface area contributed by atoms with Crippen LogP contribution in [0.2, 0.25) is 5.15 Å². The van der Waals surface area contributed by atoms with Gasteiger partial charge in [0.1, 0.15) is 5.15 Å². The monoisotopic (exact) mass is 332 g/mol. The molecule has 1 heterocycles. The molecule has 0 saturated heterocycles. The second-order valence-electron chi connectivity index (χ2n) is 2.83. The van der Waals surface area contributed by atoms with Crippen LogP contribution in [-0.4, -0.2) is 23.7 Å². The van der Waals surface area contributed by atoms with Crippen molar-refractivity contribution in [3.63, 3.8) is 0 Å². The molecule has 9 heteroatoms. The predicted octanol–water partition coefficient (Wildman–Crippen LogP) is 2.72. The van der Waals surface area contributed by atoms with E-state index in [4.69, 9.17) is 11.6 Å². The fourth-order valence-corrected chi connectivity index (χ4v) is 1.34. The molecule has 0 aliphatic carbocycles. The summed E-state index contributed by atoms with van der Waals surface area (Å²) in [5.74, 6) is -0.909. The zero-order valence-corrected chi connectivity index (χ0v) is 10.4. The van der Waals surface area contributed by atoms with Crippen molar-refractivity contribution in [2.24, 2.45) is 0 Å².